The van der Waals surface area contributed by atoms with Crippen molar-refractivity contribution >= 4 is 12.0 Å². The second kappa shape index (κ2) is 9.37. The van der Waals surface area contributed by atoms with E-state index in [1.54, 1.807) is 26.4 Å². The fourth-order valence-electron chi connectivity index (χ4n) is 3.36. The molecular weight excluding hydrogens is 359 g/mol. The summed E-state index contributed by atoms with van der Waals surface area (Å²) in [5.41, 5.74) is 1.81. The fourth-order valence-corrected chi connectivity index (χ4v) is 3.36. The zero-order valence-corrected chi connectivity index (χ0v) is 16.3. The minimum atomic E-state index is -0.257. The predicted molar refractivity (Wildman–Crippen MR) is 106 cm³/mol. The van der Waals surface area contributed by atoms with E-state index in [4.69, 9.17) is 9.47 Å². The van der Waals surface area contributed by atoms with Gasteiger partial charge in [0, 0.05) is 6.08 Å². The van der Waals surface area contributed by atoms with E-state index in [2.05, 4.69) is 0 Å². The molecule has 0 bridgehead atoms. The van der Waals surface area contributed by atoms with Crippen LogP contribution >= 0.6 is 0 Å². The molecule has 28 heavy (non-hydrogen) atoms. The zero-order chi connectivity index (χ0) is 19.9. The molecule has 2 aromatic rings. The Labute approximate surface area is 165 Å². The number of nitrogens with one attached hydrogen (secondary N) is 1. The maximum atomic E-state index is 13.5. The number of ether oxygens (including phenoxy) is 2. The molecule has 1 N–H and O–H groups in total. The minimum absolute atomic E-state index is 0.0122. The van der Waals surface area contributed by atoms with Crippen molar-refractivity contribution in [3.8, 4) is 11.5 Å². The molecule has 1 amide bonds. The van der Waals surface area contributed by atoms with E-state index in [-0.39, 0.29) is 11.7 Å². The molecule has 0 saturated carbocycles. The average molecular weight is 385 g/mol. The molecule has 1 fully saturated rings. The van der Waals surface area contributed by atoms with Crippen LogP contribution in [0.3, 0.4) is 0 Å². The highest BCUT2D eigenvalue weighted by Crippen LogP contribution is 2.18. The van der Waals surface area contributed by atoms with Crippen LogP contribution in [-0.4, -0.2) is 51.2 Å². The van der Waals surface area contributed by atoms with Gasteiger partial charge in [-0.3, -0.25) is 4.79 Å². The Bertz CT molecular complexity index is 828. The number of carbonyl (C=O) groups is 1. The average Bonchev–Trinajstić information content (AvgIpc) is 2.73. The summed E-state index contributed by atoms with van der Waals surface area (Å²) in [4.78, 5) is 15.6. The van der Waals surface area contributed by atoms with Gasteiger partial charge in [-0.2, -0.15) is 0 Å². The second-order valence-corrected chi connectivity index (χ2v) is 6.81. The number of piperazine rings is 1. The summed E-state index contributed by atoms with van der Waals surface area (Å²) in [7, 11) is 3.22. The number of amides is 1. The lowest BCUT2D eigenvalue weighted by molar-refractivity contribution is -0.917. The van der Waals surface area contributed by atoms with E-state index in [1.807, 2.05) is 35.2 Å². The smallest absolute Gasteiger partial charge is 0.246 e. The van der Waals surface area contributed by atoms with Gasteiger partial charge in [-0.15, -0.1) is 0 Å². The van der Waals surface area contributed by atoms with Gasteiger partial charge in [0.25, 0.3) is 0 Å². The number of carbonyl (C=O) groups excluding carboxylic acids is 1. The summed E-state index contributed by atoms with van der Waals surface area (Å²) < 4.78 is 24.0. The highest BCUT2D eigenvalue weighted by atomic mass is 19.1. The van der Waals surface area contributed by atoms with Crippen molar-refractivity contribution in [2.75, 3.05) is 40.4 Å². The van der Waals surface area contributed by atoms with Crippen LogP contribution in [0, 0.1) is 5.82 Å². The van der Waals surface area contributed by atoms with Gasteiger partial charge in [-0.1, -0.05) is 12.1 Å². The highest BCUT2D eigenvalue weighted by molar-refractivity contribution is 5.91. The lowest BCUT2D eigenvalue weighted by Gasteiger charge is -2.32. The quantitative estimate of drug-likeness (QED) is 0.771. The van der Waals surface area contributed by atoms with Crippen LogP contribution in [0.1, 0.15) is 11.1 Å². The van der Waals surface area contributed by atoms with E-state index in [9.17, 15) is 9.18 Å². The highest BCUT2D eigenvalue weighted by Gasteiger charge is 2.23. The molecule has 1 saturated heterocycles. The van der Waals surface area contributed by atoms with Crippen molar-refractivity contribution < 1.29 is 23.6 Å². The summed E-state index contributed by atoms with van der Waals surface area (Å²) in [5, 5.41) is 0. The summed E-state index contributed by atoms with van der Waals surface area (Å²) >= 11 is 0. The van der Waals surface area contributed by atoms with Crippen molar-refractivity contribution in [1.29, 1.82) is 0 Å². The molecule has 0 unspecified atom stereocenters. The zero-order valence-electron chi connectivity index (χ0n) is 16.3. The molecule has 0 aromatic heterocycles. The third kappa shape index (κ3) is 5.10. The van der Waals surface area contributed by atoms with Gasteiger partial charge in [0.2, 0.25) is 5.91 Å². The number of methoxy groups -OCH3 is 2. The van der Waals surface area contributed by atoms with Crippen LogP contribution in [0.4, 0.5) is 4.39 Å². The first-order valence-corrected chi connectivity index (χ1v) is 9.36. The van der Waals surface area contributed by atoms with Gasteiger partial charge in [0.05, 0.1) is 46.0 Å². The Kier molecular flexibility index (Phi) is 6.66. The lowest BCUT2D eigenvalue weighted by Crippen LogP contribution is -3.13. The van der Waals surface area contributed by atoms with Crippen LogP contribution in [0.5, 0.6) is 11.5 Å². The van der Waals surface area contributed by atoms with Crippen LogP contribution < -0.4 is 14.4 Å². The first kappa shape index (κ1) is 19.9. The van der Waals surface area contributed by atoms with Gasteiger partial charge in [-0.25, -0.2) is 4.39 Å². The molecule has 1 heterocycles. The Morgan fingerprint density at radius 3 is 2.46 bits per heavy atom. The van der Waals surface area contributed by atoms with Crippen LogP contribution in [0.25, 0.3) is 6.08 Å². The van der Waals surface area contributed by atoms with Crippen molar-refractivity contribution in [3.63, 3.8) is 0 Å². The summed E-state index contributed by atoms with van der Waals surface area (Å²) in [6.07, 6.45) is 3.43. The van der Waals surface area contributed by atoms with Gasteiger partial charge < -0.3 is 19.3 Å². The molecule has 0 spiro atoms. The second-order valence-electron chi connectivity index (χ2n) is 6.81. The molecule has 1 aliphatic heterocycles. The standard InChI is InChI=1S/C22H25FN2O3/c1-27-20-7-3-17(4-8-20)5-10-22(26)25-13-11-24(12-14-25)16-18-15-19(23)6-9-21(18)28-2/h3-10,15H,11-14,16H2,1-2H3/p+1/b10-5+. The number of hydrogen-bond donors (Lipinski definition) is 1. The molecule has 5 nitrogen and oxygen atoms in total. The van der Waals surface area contributed by atoms with E-state index in [1.165, 1.54) is 17.0 Å². The molecule has 0 atom stereocenters. The molecule has 0 radical (unpaired) electrons. The number of rotatable bonds is 6. The van der Waals surface area contributed by atoms with E-state index >= 15 is 0 Å². The van der Waals surface area contributed by atoms with Crippen LogP contribution in [-0.2, 0) is 11.3 Å². The molecule has 148 valence electrons. The third-order valence-corrected chi connectivity index (χ3v) is 5.00. The van der Waals surface area contributed by atoms with Gasteiger partial charge in [-0.05, 0) is 42.0 Å². The monoisotopic (exact) mass is 385 g/mol. The maximum Gasteiger partial charge on any atom is 0.246 e. The Morgan fingerprint density at radius 2 is 1.82 bits per heavy atom. The summed E-state index contributed by atoms with van der Waals surface area (Å²) in [6.45, 7) is 3.69. The van der Waals surface area contributed by atoms with E-state index < -0.39 is 0 Å². The molecule has 2 aromatic carbocycles. The van der Waals surface area contributed by atoms with Crippen LogP contribution in [0.15, 0.2) is 48.5 Å². The molecule has 3 rings (SSSR count). The Morgan fingerprint density at radius 1 is 1.11 bits per heavy atom. The minimum Gasteiger partial charge on any atom is -0.497 e. The van der Waals surface area contributed by atoms with Crippen molar-refractivity contribution in [2.45, 2.75) is 6.54 Å². The molecule has 0 aliphatic carbocycles. The van der Waals surface area contributed by atoms with Crippen molar-refractivity contribution in [2.24, 2.45) is 0 Å². The fraction of sp³-hybridized carbons (Fsp3) is 0.318. The topological polar surface area (TPSA) is 43.2 Å². The molecule has 1 aliphatic rings. The number of quaternary nitrogens is 1. The Balaban J connectivity index is 1.52. The van der Waals surface area contributed by atoms with Crippen LogP contribution in [0.2, 0.25) is 0 Å². The first-order valence-electron chi connectivity index (χ1n) is 9.36. The van der Waals surface area contributed by atoms with E-state index in [0.29, 0.717) is 25.4 Å². The number of benzene rings is 2. The summed E-state index contributed by atoms with van der Waals surface area (Å²) in [5.74, 6) is 1.25. The van der Waals surface area contributed by atoms with Gasteiger partial charge >= 0.3 is 0 Å². The van der Waals surface area contributed by atoms with Crippen molar-refractivity contribution in [3.05, 3.63) is 65.5 Å². The SMILES string of the molecule is COc1ccc(/C=C/C(=O)N2CC[NH+](Cc3cc(F)ccc3OC)CC2)cc1. The largest absolute Gasteiger partial charge is 0.497 e. The maximum absolute atomic E-state index is 13.5. The first-order chi connectivity index (χ1) is 13.6. The predicted octanol–water partition coefficient (Wildman–Crippen LogP) is 1.78. The Hall–Kier alpha value is -2.86. The molecular formula is C22H26FN2O3+. The number of hydrogen-bond acceptors (Lipinski definition) is 3. The van der Waals surface area contributed by atoms with Gasteiger partial charge in [0.15, 0.2) is 0 Å². The number of nitrogens with zero attached hydrogens (tertiary/aromatic N) is 1. The normalized spacial score (nSPS) is 15.0. The van der Waals surface area contributed by atoms with E-state index in [0.717, 1.165) is 30.0 Å². The molecule has 6 heteroatoms. The van der Waals surface area contributed by atoms with Gasteiger partial charge in [0.1, 0.15) is 23.9 Å². The lowest BCUT2D eigenvalue weighted by atomic mass is 10.1. The number of halogens is 1. The van der Waals surface area contributed by atoms with Crippen molar-refractivity contribution in [1.82, 2.24) is 4.90 Å². The summed E-state index contributed by atoms with van der Waals surface area (Å²) in [6, 6.07) is 12.2. The third-order valence-electron chi connectivity index (χ3n) is 5.00.